The quantitative estimate of drug-likeness (QED) is 0.754. The number of benzene rings is 1. The fourth-order valence-electron chi connectivity index (χ4n) is 1.71. The molecule has 0 fully saturated rings. The Bertz CT molecular complexity index is 586. The average Bonchev–Trinajstić information content (AvgIpc) is 2.43. The molecule has 0 radical (unpaired) electrons. The van der Waals surface area contributed by atoms with Gasteiger partial charge in [-0.1, -0.05) is 0 Å². The van der Waals surface area contributed by atoms with Crippen LogP contribution in [0.5, 0.6) is 5.75 Å². The third-order valence-electron chi connectivity index (χ3n) is 2.83. The molecule has 0 saturated carbocycles. The zero-order valence-corrected chi connectivity index (χ0v) is 13.8. The summed E-state index contributed by atoms with van der Waals surface area (Å²) in [7, 11) is 0. The van der Waals surface area contributed by atoms with Gasteiger partial charge in [0.1, 0.15) is 11.9 Å². The van der Waals surface area contributed by atoms with E-state index in [2.05, 4.69) is 5.32 Å². The lowest BCUT2D eigenvalue weighted by Crippen LogP contribution is -2.44. The number of hydrogen-bond acceptors (Lipinski definition) is 4. The molecule has 0 aromatic heterocycles. The van der Waals surface area contributed by atoms with E-state index in [0.717, 1.165) is 12.1 Å². The summed E-state index contributed by atoms with van der Waals surface area (Å²) in [5.74, 6) is -3.96. The molecule has 1 aromatic rings. The van der Waals surface area contributed by atoms with Crippen LogP contribution in [0.4, 0.5) is 8.78 Å². The van der Waals surface area contributed by atoms with Gasteiger partial charge in [-0.05, 0) is 32.9 Å². The molecule has 0 heterocycles. The number of nitrogens with one attached hydrogen (secondary N) is 1. The van der Waals surface area contributed by atoms with Gasteiger partial charge in [-0.2, -0.15) is 0 Å². The molecular formula is C16H21F2NO5. The molecule has 1 aromatic carbocycles. The lowest BCUT2D eigenvalue weighted by Gasteiger charge is -2.21. The van der Waals surface area contributed by atoms with E-state index >= 15 is 0 Å². The van der Waals surface area contributed by atoms with Gasteiger partial charge in [0.25, 0.3) is 5.91 Å². The lowest BCUT2D eigenvalue weighted by molar-refractivity contribution is -0.143. The number of hydrogen-bond donors (Lipinski definition) is 2. The number of ether oxygens (including phenoxy) is 2. The molecule has 0 bridgehead atoms. The first kappa shape index (κ1) is 19.8. The molecule has 0 aliphatic carbocycles. The maximum atomic E-state index is 13.4. The minimum atomic E-state index is -1.21. The van der Waals surface area contributed by atoms with E-state index in [9.17, 15) is 18.4 Å². The molecule has 8 heteroatoms. The molecular weight excluding hydrogens is 324 g/mol. The highest BCUT2D eigenvalue weighted by atomic mass is 19.1. The first-order chi connectivity index (χ1) is 11.1. The second kappa shape index (κ2) is 8.58. The molecule has 6 nitrogen and oxygen atoms in total. The minimum Gasteiger partial charge on any atom is -0.481 e. The van der Waals surface area contributed by atoms with Crippen molar-refractivity contribution in [3.63, 3.8) is 0 Å². The average molecular weight is 345 g/mol. The summed E-state index contributed by atoms with van der Waals surface area (Å²) in [5.41, 5.74) is -0.420. The fraction of sp³-hybridized carbons (Fsp3) is 0.500. The minimum absolute atomic E-state index is 0.0727. The van der Waals surface area contributed by atoms with Crippen molar-refractivity contribution in [1.29, 1.82) is 0 Å². The first-order valence-corrected chi connectivity index (χ1v) is 7.32. The number of halogens is 2. The Morgan fingerprint density at radius 2 is 1.96 bits per heavy atom. The van der Waals surface area contributed by atoms with E-state index in [1.807, 2.05) is 20.8 Å². The number of carbonyl (C=O) groups excluding carboxylic acids is 1. The van der Waals surface area contributed by atoms with E-state index < -0.39 is 41.8 Å². The van der Waals surface area contributed by atoms with Crippen molar-refractivity contribution >= 4 is 11.9 Å². The Balaban J connectivity index is 2.49. The predicted molar refractivity (Wildman–Crippen MR) is 81.7 cm³/mol. The van der Waals surface area contributed by atoms with Crippen LogP contribution in [0.15, 0.2) is 18.2 Å². The Hall–Kier alpha value is -2.22. The van der Waals surface area contributed by atoms with Crippen molar-refractivity contribution in [3.8, 4) is 5.75 Å². The van der Waals surface area contributed by atoms with Crippen LogP contribution < -0.4 is 10.1 Å². The zero-order chi connectivity index (χ0) is 18.3. The third-order valence-corrected chi connectivity index (χ3v) is 2.83. The maximum absolute atomic E-state index is 13.4. The standard InChI is InChI=1S/C16H21F2NO5/c1-16(2,3)24-7-6-12(15(21)22)19-14(20)9-23-13-5-4-10(17)8-11(13)18/h4-5,8,12H,6-7,9H2,1-3H3,(H,19,20)(H,21,22). The Morgan fingerprint density at radius 3 is 2.50 bits per heavy atom. The van der Waals surface area contributed by atoms with Gasteiger partial charge >= 0.3 is 5.97 Å². The van der Waals surface area contributed by atoms with Crippen LogP contribution in [0, 0.1) is 11.6 Å². The van der Waals surface area contributed by atoms with E-state index in [0.29, 0.717) is 6.07 Å². The smallest absolute Gasteiger partial charge is 0.326 e. The third kappa shape index (κ3) is 7.36. The summed E-state index contributed by atoms with van der Waals surface area (Å²) in [6, 6.07) is 1.50. The number of carboxylic acids is 1. The Morgan fingerprint density at radius 1 is 1.29 bits per heavy atom. The van der Waals surface area contributed by atoms with Crippen LogP contribution in [0.2, 0.25) is 0 Å². The second-order valence-corrected chi connectivity index (χ2v) is 6.07. The van der Waals surface area contributed by atoms with Crippen molar-refractivity contribution in [2.45, 2.75) is 38.8 Å². The van der Waals surface area contributed by atoms with Gasteiger partial charge in [-0.15, -0.1) is 0 Å². The van der Waals surface area contributed by atoms with E-state index in [1.54, 1.807) is 0 Å². The maximum Gasteiger partial charge on any atom is 0.326 e. The van der Waals surface area contributed by atoms with E-state index in [-0.39, 0.29) is 18.8 Å². The van der Waals surface area contributed by atoms with Crippen LogP contribution in [0.3, 0.4) is 0 Å². The van der Waals surface area contributed by atoms with Crippen LogP contribution in [0.1, 0.15) is 27.2 Å². The number of carboxylic acid groups (broad SMARTS) is 1. The summed E-state index contributed by atoms with van der Waals surface area (Å²) in [6.07, 6.45) is 0.0727. The molecule has 24 heavy (non-hydrogen) atoms. The number of rotatable bonds is 8. The molecule has 1 amide bonds. The van der Waals surface area contributed by atoms with Crippen LogP contribution in [-0.2, 0) is 14.3 Å². The van der Waals surface area contributed by atoms with Crippen LogP contribution >= 0.6 is 0 Å². The highest BCUT2D eigenvalue weighted by Gasteiger charge is 2.21. The monoisotopic (exact) mass is 345 g/mol. The van der Waals surface area contributed by atoms with E-state index in [1.165, 1.54) is 0 Å². The summed E-state index contributed by atoms with van der Waals surface area (Å²) in [4.78, 5) is 22.9. The number of amides is 1. The van der Waals surface area contributed by atoms with Crippen molar-refractivity contribution in [2.24, 2.45) is 0 Å². The van der Waals surface area contributed by atoms with Crippen molar-refractivity contribution < 1.29 is 33.0 Å². The highest BCUT2D eigenvalue weighted by molar-refractivity contribution is 5.84. The predicted octanol–water partition coefficient (Wildman–Crippen LogP) is 2.12. The molecule has 1 rings (SSSR count). The molecule has 0 spiro atoms. The van der Waals surface area contributed by atoms with Gasteiger partial charge < -0.3 is 19.9 Å². The van der Waals surface area contributed by atoms with Gasteiger partial charge in [-0.25, -0.2) is 13.6 Å². The zero-order valence-electron chi connectivity index (χ0n) is 13.8. The van der Waals surface area contributed by atoms with Crippen molar-refractivity contribution in [2.75, 3.05) is 13.2 Å². The van der Waals surface area contributed by atoms with Gasteiger partial charge in [0.2, 0.25) is 0 Å². The summed E-state index contributed by atoms with van der Waals surface area (Å²) < 4.78 is 36.5. The molecule has 1 atom stereocenters. The number of carbonyl (C=O) groups is 2. The van der Waals surface area contributed by atoms with Gasteiger partial charge in [-0.3, -0.25) is 4.79 Å². The topological polar surface area (TPSA) is 84.9 Å². The van der Waals surface area contributed by atoms with Crippen molar-refractivity contribution in [1.82, 2.24) is 5.32 Å². The highest BCUT2D eigenvalue weighted by Crippen LogP contribution is 2.17. The molecule has 2 N–H and O–H groups in total. The van der Waals surface area contributed by atoms with Crippen LogP contribution in [-0.4, -0.2) is 41.8 Å². The summed E-state index contributed by atoms with van der Waals surface area (Å²) in [5, 5.41) is 11.4. The molecule has 1 unspecified atom stereocenters. The van der Waals surface area contributed by atoms with E-state index in [4.69, 9.17) is 14.6 Å². The SMILES string of the molecule is CC(C)(C)OCCC(NC(=O)COc1ccc(F)cc1F)C(=O)O. The largest absolute Gasteiger partial charge is 0.481 e. The molecule has 0 saturated heterocycles. The number of aliphatic carboxylic acids is 1. The van der Waals surface area contributed by atoms with Gasteiger partial charge in [0, 0.05) is 19.1 Å². The van der Waals surface area contributed by atoms with Crippen LogP contribution in [0.25, 0.3) is 0 Å². The van der Waals surface area contributed by atoms with Gasteiger partial charge in [0.05, 0.1) is 5.60 Å². The first-order valence-electron chi connectivity index (χ1n) is 7.32. The molecule has 134 valence electrons. The Labute approximate surface area is 138 Å². The molecule has 0 aliphatic rings. The normalized spacial score (nSPS) is 12.5. The lowest BCUT2D eigenvalue weighted by atomic mass is 10.2. The summed E-state index contributed by atoms with van der Waals surface area (Å²) in [6.45, 7) is 5.03. The summed E-state index contributed by atoms with van der Waals surface area (Å²) >= 11 is 0. The Kier molecular flexibility index (Phi) is 7.09. The van der Waals surface area contributed by atoms with Crippen molar-refractivity contribution in [3.05, 3.63) is 29.8 Å². The molecule has 0 aliphatic heterocycles. The van der Waals surface area contributed by atoms with Gasteiger partial charge in [0.15, 0.2) is 18.2 Å². The second-order valence-electron chi connectivity index (χ2n) is 6.07. The fourth-order valence-corrected chi connectivity index (χ4v) is 1.71.